The maximum atomic E-state index is 6.38. The molecule has 2 unspecified atom stereocenters. The summed E-state index contributed by atoms with van der Waals surface area (Å²) >= 11 is 6.38. The van der Waals surface area contributed by atoms with Gasteiger partial charge in [-0.15, -0.1) is 0 Å². The average Bonchev–Trinajstić information content (AvgIpc) is 3.38. The highest BCUT2D eigenvalue weighted by atomic mass is 35.5. The van der Waals surface area contributed by atoms with Crippen LogP contribution in [0, 0.1) is 0 Å². The molecule has 4 heterocycles. The van der Waals surface area contributed by atoms with Crippen LogP contribution in [0.25, 0.3) is 22.2 Å². The molecule has 0 aromatic carbocycles. The van der Waals surface area contributed by atoms with Crippen LogP contribution < -0.4 is 5.32 Å². The van der Waals surface area contributed by atoms with Crippen LogP contribution in [-0.4, -0.2) is 45.0 Å². The van der Waals surface area contributed by atoms with E-state index >= 15 is 0 Å². The molecule has 1 saturated carbocycles. The SMILES string of the molecule is Clc1cc(-c2c[nH]c3ncccc23)cc(NC2CCCC(N3CCCC3)C2)n1. The molecule has 2 atom stereocenters. The topological polar surface area (TPSA) is 56.8 Å². The zero-order valence-corrected chi connectivity index (χ0v) is 16.8. The quantitative estimate of drug-likeness (QED) is 0.603. The Morgan fingerprint density at radius 2 is 2.04 bits per heavy atom. The lowest BCUT2D eigenvalue weighted by molar-refractivity contribution is 0.184. The first-order chi connectivity index (χ1) is 13.8. The number of H-pyrrole nitrogens is 1. The number of hydrogen-bond acceptors (Lipinski definition) is 4. The van der Waals surface area contributed by atoms with Crippen LogP contribution in [-0.2, 0) is 0 Å². The summed E-state index contributed by atoms with van der Waals surface area (Å²) in [6.07, 6.45) is 11.5. The predicted octanol–water partition coefficient (Wildman–Crippen LogP) is 5.10. The van der Waals surface area contributed by atoms with Crippen LogP contribution in [0.5, 0.6) is 0 Å². The molecule has 0 amide bonds. The summed E-state index contributed by atoms with van der Waals surface area (Å²) in [6.45, 7) is 2.54. The first kappa shape index (κ1) is 18.0. The fourth-order valence-corrected chi connectivity index (χ4v) is 5.07. The summed E-state index contributed by atoms with van der Waals surface area (Å²) in [5.41, 5.74) is 3.06. The second-order valence-electron chi connectivity index (χ2n) is 8.07. The molecule has 28 heavy (non-hydrogen) atoms. The van der Waals surface area contributed by atoms with Crippen molar-refractivity contribution in [2.45, 2.75) is 50.6 Å². The summed E-state index contributed by atoms with van der Waals surface area (Å²) in [5, 5.41) is 5.30. The molecule has 5 nitrogen and oxygen atoms in total. The molecule has 1 aliphatic heterocycles. The van der Waals surface area contributed by atoms with Gasteiger partial charge >= 0.3 is 0 Å². The largest absolute Gasteiger partial charge is 0.367 e. The van der Waals surface area contributed by atoms with E-state index in [1.54, 1.807) is 6.20 Å². The van der Waals surface area contributed by atoms with Crippen molar-refractivity contribution >= 4 is 28.5 Å². The van der Waals surface area contributed by atoms with Gasteiger partial charge in [-0.3, -0.25) is 0 Å². The lowest BCUT2D eigenvalue weighted by Gasteiger charge is -2.35. The van der Waals surface area contributed by atoms with E-state index in [2.05, 4.69) is 37.3 Å². The van der Waals surface area contributed by atoms with Gasteiger partial charge in [0.1, 0.15) is 16.6 Å². The molecule has 146 valence electrons. The Morgan fingerprint density at radius 3 is 2.93 bits per heavy atom. The van der Waals surface area contributed by atoms with Crippen LogP contribution in [0.3, 0.4) is 0 Å². The van der Waals surface area contributed by atoms with Gasteiger partial charge in [0.15, 0.2) is 0 Å². The Kier molecular flexibility index (Phi) is 4.95. The van der Waals surface area contributed by atoms with Gasteiger partial charge in [-0.25, -0.2) is 9.97 Å². The van der Waals surface area contributed by atoms with Gasteiger partial charge < -0.3 is 15.2 Å². The summed E-state index contributed by atoms with van der Waals surface area (Å²) in [7, 11) is 0. The Labute approximate surface area is 170 Å². The Balaban J connectivity index is 1.37. The Bertz CT molecular complexity index is 962. The van der Waals surface area contributed by atoms with Gasteiger partial charge in [0.25, 0.3) is 0 Å². The Hall–Kier alpha value is -2.11. The van der Waals surface area contributed by atoms with Crippen molar-refractivity contribution in [3.05, 3.63) is 41.8 Å². The maximum Gasteiger partial charge on any atom is 0.137 e. The van der Waals surface area contributed by atoms with Crippen molar-refractivity contribution in [3.63, 3.8) is 0 Å². The molecule has 3 aromatic rings. The van der Waals surface area contributed by atoms with Gasteiger partial charge in [0, 0.05) is 35.4 Å². The molecular weight excluding hydrogens is 370 g/mol. The van der Waals surface area contributed by atoms with E-state index in [0.717, 1.165) is 28.0 Å². The van der Waals surface area contributed by atoms with E-state index in [4.69, 9.17) is 11.6 Å². The number of nitrogens with zero attached hydrogens (tertiary/aromatic N) is 3. The van der Waals surface area contributed by atoms with Gasteiger partial charge in [-0.1, -0.05) is 11.6 Å². The average molecular weight is 396 g/mol. The minimum Gasteiger partial charge on any atom is -0.367 e. The van der Waals surface area contributed by atoms with Crippen LogP contribution in [0.1, 0.15) is 38.5 Å². The van der Waals surface area contributed by atoms with Crippen LogP contribution in [0.15, 0.2) is 36.7 Å². The molecule has 3 aromatic heterocycles. The number of pyridine rings is 2. The third-order valence-electron chi connectivity index (χ3n) is 6.21. The summed E-state index contributed by atoms with van der Waals surface area (Å²) in [4.78, 5) is 14.9. The van der Waals surface area contributed by atoms with E-state index in [0.29, 0.717) is 17.2 Å². The van der Waals surface area contributed by atoms with Gasteiger partial charge in [-0.05, 0) is 81.4 Å². The minimum absolute atomic E-state index is 0.461. The highest BCUT2D eigenvalue weighted by molar-refractivity contribution is 6.29. The lowest BCUT2D eigenvalue weighted by Crippen LogP contribution is -2.40. The van der Waals surface area contributed by atoms with Crippen molar-refractivity contribution in [1.82, 2.24) is 19.9 Å². The van der Waals surface area contributed by atoms with E-state index in [1.807, 2.05) is 18.3 Å². The highest BCUT2D eigenvalue weighted by Gasteiger charge is 2.28. The van der Waals surface area contributed by atoms with E-state index in [9.17, 15) is 0 Å². The standard InChI is InChI=1S/C22H26ClN5/c23-20-11-15(19-14-25-22-18(19)7-4-8-24-22)12-21(27-20)26-16-5-3-6-17(13-16)28-9-1-2-10-28/h4,7-8,11-12,14,16-17H,1-3,5-6,9-10,13H2,(H,24,25)(H,26,27). The molecule has 1 saturated heterocycles. The first-order valence-corrected chi connectivity index (χ1v) is 10.7. The number of aromatic nitrogens is 3. The van der Waals surface area contributed by atoms with Crippen molar-refractivity contribution in [2.75, 3.05) is 18.4 Å². The number of aromatic amines is 1. The van der Waals surface area contributed by atoms with E-state index in [1.165, 1.54) is 51.6 Å². The molecule has 0 spiro atoms. The Morgan fingerprint density at radius 1 is 1.14 bits per heavy atom. The monoisotopic (exact) mass is 395 g/mol. The van der Waals surface area contributed by atoms with Crippen LogP contribution in [0.4, 0.5) is 5.82 Å². The number of hydrogen-bond donors (Lipinski definition) is 2. The number of likely N-dealkylation sites (tertiary alicyclic amines) is 1. The van der Waals surface area contributed by atoms with Crippen molar-refractivity contribution in [1.29, 1.82) is 0 Å². The van der Waals surface area contributed by atoms with Gasteiger partial charge in [0.2, 0.25) is 0 Å². The molecule has 2 aliphatic rings. The zero-order valence-electron chi connectivity index (χ0n) is 16.0. The van der Waals surface area contributed by atoms with Crippen molar-refractivity contribution in [3.8, 4) is 11.1 Å². The molecule has 2 fully saturated rings. The van der Waals surface area contributed by atoms with Gasteiger partial charge in [0.05, 0.1) is 0 Å². The number of nitrogens with one attached hydrogen (secondary N) is 2. The van der Waals surface area contributed by atoms with Crippen LogP contribution >= 0.6 is 11.6 Å². The normalized spacial score (nSPS) is 23.3. The number of fused-ring (bicyclic) bond motifs is 1. The number of anilines is 1. The smallest absolute Gasteiger partial charge is 0.137 e. The fraction of sp³-hybridized carbons (Fsp3) is 0.455. The molecular formula is C22H26ClN5. The van der Waals surface area contributed by atoms with E-state index in [-0.39, 0.29) is 0 Å². The minimum atomic E-state index is 0.461. The summed E-state index contributed by atoms with van der Waals surface area (Å²) in [6, 6.07) is 9.26. The zero-order chi connectivity index (χ0) is 18.9. The molecule has 0 radical (unpaired) electrons. The highest BCUT2D eigenvalue weighted by Crippen LogP contribution is 2.32. The summed E-state index contributed by atoms with van der Waals surface area (Å²) < 4.78 is 0. The third-order valence-corrected chi connectivity index (χ3v) is 6.41. The van der Waals surface area contributed by atoms with Crippen LogP contribution in [0.2, 0.25) is 5.15 Å². The second-order valence-corrected chi connectivity index (χ2v) is 8.46. The molecule has 5 rings (SSSR count). The molecule has 2 N–H and O–H groups in total. The maximum absolute atomic E-state index is 6.38. The first-order valence-electron chi connectivity index (χ1n) is 10.4. The molecule has 6 heteroatoms. The van der Waals surface area contributed by atoms with Crippen molar-refractivity contribution < 1.29 is 0 Å². The number of halogens is 1. The summed E-state index contributed by atoms with van der Waals surface area (Å²) in [5.74, 6) is 0.868. The fourth-order valence-electron chi connectivity index (χ4n) is 4.86. The number of rotatable bonds is 4. The predicted molar refractivity (Wildman–Crippen MR) is 115 cm³/mol. The third kappa shape index (κ3) is 3.61. The van der Waals surface area contributed by atoms with Gasteiger partial charge in [-0.2, -0.15) is 0 Å². The van der Waals surface area contributed by atoms with Crippen molar-refractivity contribution in [2.24, 2.45) is 0 Å². The molecule has 0 bridgehead atoms. The second kappa shape index (κ2) is 7.72. The lowest BCUT2D eigenvalue weighted by atomic mass is 9.90. The molecule has 1 aliphatic carbocycles. The van der Waals surface area contributed by atoms with E-state index < -0.39 is 0 Å².